The first-order valence-corrected chi connectivity index (χ1v) is 9.71. The summed E-state index contributed by atoms with van der Waals surface area (Å²) in [6.45, 7) is 4.55. The molecule has 6 heteroatoms. The zero-order valence-electron chi connectivity index (χ0n) is 14.9. The fourth-order valence-corrected chi connectivity index (χ4v) is 3.04. The summed E-state index contributed by atoms with van der Waals surface area (Å²) in [6.07, 6.45) is 1.92. The number of halogens is 2. The van der Waals surface area contributed by atoms with Gasteiger partial charge in [-0.1, -0.05) is 39.7 Å². The van der Waals surface area contributed by atoms with Crippen LogP contribution in [0.4, 0.5) is 0 Å². The smallest absolute Gasteiger partial charge is 0.257 e. The van der Waals surface area contributed by atoms with Gasteiger partial charge in [0, 0.05) is 11.0 Å². The number of ether oxygens (including phenoxy) is 2. The SMILES string of the molecule is CC(C)Oc1ccc(CCCNC(=O)COc2ccc(Br)cc2Cl)cc1. The summed E-state index contributed by atoms with van der Waals surface area (Å²) in [4.78, 5) is 11.8. The molecule has 0 unspecified atom stereocenters. The largest absolute Gasteiger partial charge is 0.491 e. The van der Waals surface area contributed by atoms with Gasteiger partial charge in [-0.3, -0.25) is 4.79 Å². The Labute approximate surface area is 168 Å². The lowest BCUT2D eigenvalue weighted by Crippen LogP contribution is -2.29. The Morgan fingerprint density at radius 2 is 1.92 bits per heavy atom. The first-order valence-electron chi connectivity index (χ1n) is 8.54. The lowest BCUT2D eigenvalue weighted by molar-refractivity contribution is -0.123. The Kier molecular flexibility index (Phi) is 8.26. The molecule has 0 bridgehead atoms. The number of rotatable bonds is 9. The van der Waals surface area contributed by atoms with Crippen LogP contribution < -0.4 is 14.8 Å². The van der Waals surface area contributed by atoms with Crippen molar-refractivity contribution < 1.29 is 14.3 Å². The maximum Gasteiger partial charge on any atom is 0.257 e. The molecule has 4 nitrogen and oxygen atoms in total. The zero-order valence-corrected chi connectivity index (χ0v) is 17.3. The predicted molar refractivity (Wildman–Crippen MR) is 108 cm³/mol. The fourth-order valence-electron chi connectivity index (χ4n) is 2.31. The number of nitrogens with one attached hydrogen (secondary N) is 1. The molecule has 0 heterocycles. The van der Waals surface area contributed by atoms with Gasteiger partial charge in [0.25, 0.3) is 5.91 Å². The molecule has 26 heavy (non-hydrogen) atoms. The van der Waals surface area contributed by atoms with Crippen molar-refractivity contribution >= 4 is 33.4 Å². The standard InChI is InChI=1S/C20H23BrClNO3/c1-14(2)26-17-8-5-15(6-9-17)4-3-11-23-20(24)13-25-19-10-7-16(21)12-18(19)22/h5-10,12,14H,3-4,11,13H2,1-2H3,(H,23,24). The first kappa shape index (κ1) is 20.6. The number of aryl methyl sites for hydroxylation is 1. The third-order valence-corrected chi connectivity index (χ3v) is 4.30. The molecule has 0 saturated heterocycles. The highest BCUT2D eigenvalue weighted by molar-refractivity contribution is 9.10. The minimum atomic E-state index is -0.162. The van der Waals surface area contributed by atoms with E-state index in [1.54, 1.807) is 12.1 Å². The maximum atomic E-state index is 11.8. The van der Waals surface area contributed by atoms with E-state index in [0.717, 1.165) is 23.1 Å². The van der Waals surface area contributed by atoms with E-state index in [0.29, 0.717) is 17.3 Å². The summed E-state index contributed by atoms with van der Waals surface area (Å²) in [7, 11) is 0. The van der Waals surface area contributed by atoms with E-state index in [2.05, 4.69) is 33.4 Å². The summed E-state index contributed by atoms with van der Waals surface area (Å²) >= 11 is 9.38. The average Bonchev–Trinajstić information content (AvgIpc) is 2.59. The molecule has 0 aromatic heterocycles. The lowest BCUT2D eigenvalue weighted by atomic mass is 10.1. The van der Waals surface area contributed by atoms with E-state index in [4.69, 9.17) is 21.1 Å². The van der Waals surface area contributed by atoms with Gasteiger partial charge in [-0.2, -0.15) is 0 Å². The van der Waals surface area contributed by atoms with Crippen LogP contribution in [0.25, 0.3) is 0 Å². The van der Waals surface area contributed by atoms with Gasteiger partial charge in [0.2, 0.25) is 0 Å². The van der Waals surface area contributed by atoms with Crippen LogP contribution in [0.2, 0.25) is 5.02 Å². The van der Waals surface area contributed by atoms with Crippen LogP contribution in [0, 0.1) is 0 Å². The van der Waals surface area contributed by atoms with Crippen molar-refractivity contribution in [1.82, 2.24) is 5.32 Å². The van der Waals surface area contributed by atoms with Gasteiger partial charge in [-0.15, -0.1) is 0 Å². The Morgan fingerprint density at radius 1 is 1.19 bits per heavy atom. The van der Waals surface area contributed by atoms with E-state index in [1.165, 1.54) is 5.56 Å². The number of carbonyl (C=O) groups is 1. The van der Waals surface area contributed by atoms with E-state index in [1.807, 2.05) is 32.0 Å². The molecule has 140 valence electrons. The normalized spacial score (nSPS) is 10.7. The van der Waals surface area contributed by atoms with Crippen molar-refractivity contribution in [2.45, 2.75) is 32.8 Å². The zero-order chi connectivity index (χ0) is 18.9. The van der Waals surface area contributed by atoms with Crippen LogP contribution in [0.5, 0.6) is 11.5 Å². The highest BCUT2D eigenvalue weighted by Gasteiger charge is 2.06. The van der Waals surface area contributed by atoms with Crippen LogP contribution in [0.3, 0.4) is 0 Å². The van der Waals surface area contributed by atoms with E-state index in [-0.39, 0.29) is 18.6 Å². The van der Waals surface area contributed by atoms with Gasteiger partial charge in [-0.25, -0.2) is 0 Å². The number of carbonyl (C=O) groups excluding carboxylic acids is 1. The molecule has 0 radical (unpaired) electrons. The molecule has 0 aliphatic rings. The molecule has 0 atom stereocenters. The van der Waals surface area contributed by atoms with Gasteiger partial charge >= 0.3 is 0 Å². The maximum absolute atomic E-state index is 11.8. The third-order valence-electron chi connectivity index (χ3n) is 3.51. The molecule has 0 aliphatic carbocycles. The molecule has 1 amide bonds. The van der Waals surface area contributed by atoms with E-state index >= 15 is 0 Å². The number of benzene rings is 2. The van der Waals surface area contributed by atoms with Crippen LogP contribution in [-0.4, -0.2) is 25.2 Å². The van der Waals surface area contributed by atoms with Crippen molar-refractivity contribution in [2.75, 3.05) is 13.2 Å². The summed E-state index contributed by atoms with van der Waals surface area (Å²) in [6, 6.07) is 13.3. The first-order chi connectivity index (χ1) is 12.4. The minimum Gasteiger partial charge on any atom is -0.491 e. The van der Waals surface area contributed by atoms with Gasteiger partial charge in [0.05, 0.1) is 11.1 Å². The van der Waals surface area contributed by atoms with Crippen molar-refractivity contribution in [3.63, 3.8) is 0 Å². The Hall–Kier alpha value is -1.72. The molecule has 2 aromatic carbocycles. The fraction of sp³-hybridized carbons (Fsp3) is 0.350. The van der Waals surface area contributed by atoms with Gasteiger partial charge in [0.1, 0.15) is 11.5 Å². The van der Waals surface area contributed by atoms with Crippen molar-refractivity contribution in [3.05, 3.63) is 57.5 Å². The van der Waals surface area contributed by atoms with Crippen LogP contribution >= 0.6 is 27.5 Å². The van der Waals surface area contributed by atoms with Crippen LogP contribution in [-0.2, 0) is 11.2 Å². The molecule has 2 rings (SSSR count). The minimum absolute atomic E-state index is 0.0530. The highest BCUT2D eigenvalue weighted by atomic mass is 79.9. The second kappa shape index (κ2) is 10.4. The summed E-state index contributed by atoms with van der Waals surface area (Å²) in [5, 5.41) is 3.32. The van der Waals surface area contributed by atoms with Crippen LogP contribution in [0.15, 0.2) is 46.9 Å². The molecule has 0 spiro atoms. The van der Waals surface area contributed by atoms with Crippen molar-refractivity contribution in [2.24, 2.45) is 0 Å². The molecular formula is C20H23BrClNO3. The topological polar surface area (TPSA) is 47.6 Å². The number of amides is 1. The monoisotopic (exact) mass is 439 g/mol. The van der Waals surface area contributed by atoms with Gasteiger partial charge in [-0.05, 0) is 62.6 Å². The van der Waals surface area contributed by atoms with Gasteiger partial charge in [0.15, 0.2) is 6.61 Å². The van der Waals surface area contributed by atoms with Gasteiger partial charge < -0.3 is 14.8 Å². The van der Waals surface area contributed by atoms with E-state index in [9.17, 15) is 4.79 Å². The second-order valence-electron chi connectivity index (χ2n) is 6.13. The molecule has 0 saturated carbocycles. The summed E-state index contributed by atoms with van der Waals surface area (Å²) < 4.78 is 11.9. The molecular weight excluding hydrogens is 418 g/mol. The number of hydrogen-bond donors (Lipinski definition) is 1. The average molecular weight is 441 g/mol. The Morgan fingerprint density at radius 3 is 2.58 bits per heavy atom. The lowest BCUT2D eigenvalue weighted by Gasteiger charge is -2.10. The quantitative estimate of drug-likeness (QED) is 0.557. The second-order valence-corrected chi connectivity index (χ2v) is 7.45. The number of hydrogen-bond acceptors (Lipinski definition) is 3. The van der Waals surface area contributed by atoms with Crippen molar-refractivity contribution in [3.8, 4) is 11.5 Å². The summed E-state index contributed by atoms with van der Waals surface area (Å²) in [5.74, 6) is 1.21. The molecule has 2 aromatic rings. The molecule has 1 N–H and O–H groups in total. The highest BCUT2D eigenvalue weighted by Crippen LogP contribution is 2.27. The molecule has 0 aliphatic heterocycles. The Bertz CT molecular complexity index is 719. The predicted octanol–water partition coefficient (Wildman–Crippen LogP) is 5.02. The molecule has 0 fully saturated rings. The Balaban J connectivity index is 1.65. The van der Waals surface area contributed by atoms with Crippen LogP contribution in [0.1, 0.15) is 25.8 Å². The van der Waals surface area contributed by atoms with Crippen molar-refractivity contribution in [1.29, 1.82) is 0 Å². The summed E-state index contributed by atoms with van der Waals surface area (Å²) in [5.41, 5.74) is 1.22. The third kappa shape index (κ3) is 7.26. The van der Waals surface area contributed by atoms with E-state index < -0.39 is 0 Å².